The standard InChI is InChI=1S/C28H30FN3O/c1-18-15-23-24(16-19(18)2)32(25(30-23)17-20-11-13-22(29)14-12-20)26(21-9-7-6-8-10-21)27(33)31-28(3,4)5/h6-16,26H,17H2,1-5H3,(H,31,33)/t26-/m0/s1. The first-order valence-corrected chi connectivity index (χ1v) is 11.2. The number of benzene rings is 3. The lowest BCUT2D eigenvalue weighted by Crippen LogP contribution is -2.45. The highest BCUT2D eigenvalue weighted by Gasteiger charge is 2.30. The molecule has 0 spiro atoms. The van der Waals surface area contributed by atoms with Crippen molar-refractivity contribution in [3.63, 3.8) is 0 Å². The second-order valence-corrected chi connectivity index (χ2v) is 9.68. The molecule has 1 aromatic heterocycles. The molecule has 0 fully saturated rings. The van der Waals surface area contributed by atoms with Crippen molar-refractivity contribution in [1.29, 1.82) is 0 Å². The number of amides is 1. The Balaban J connectivity index is 1.94. The number of hydrogen-bond donors (Lipinski definition) is 1. The Morgan fingerprint density at radius 2 is 1.64 bits per heavy atom. The SMILES string of the molecule is Cc1cc2nc(Cc3ccc(F)cc3)n([C@H](C(=O)NC(C)(C)C)c3ccccc3)c2cc1C. The van der Waals surface area contributed by atoms with Crippen LogP contribution in [-0.2, 0) is 11.2 Å². The van der Waals surface area contributed by atoms with Gasteiger partial charge in [-0.2, -0.15) is 0 Å². The zero-order valence-electron chi connectivity index (χ0n) is 19.8. The third kappa shape index (κ3) is 4.98. The van der Waals surface area contributed by atoms with Crippen LogP contribution in [0, 0.1) is 19.7 Å². The topological polar surface area (TPSA) is 46.9 Å². The van der Waals surface area contributed by atoms with E-state index in [1.54, 1.807) is 12.1 Å². The van der Waals surface area contributed by atoms with Crippen LogP contribution in [0.1, 0.15) is 54.9 Å². The van der Waals surface area contributed by atoms with Gasteiger partial charge in [0, 0.05) is 12.0 Å². The van der Waals surface area contributed by atoms with Crippen LogP contribution in [0.25, 0.3) is 11.0 Å². The number of nitrogens with one attached hydrogen (secondary N) is 1. The summed E-state index contributed by atoms with van der Waals surface area (Å²) in [4.78, 5) is 18.6. The fourth-order valence-corrected chi connectivity index (χ4v) is 4.09. The van der Waals surface area contributed by atoms with Gasteiger partial charge in [-0.25, -0.2) is 9.37 Å². The highest BCUT2D eigenvalue weighted by atomic mass is 19.1. The van der Waals surface area contributed by atoms with E-state index in [1.807, 2.05) is 55.7 Å². The predicted octanol–water partition coefficient (Wildman–Crippen LogP) is 5.89. The molecule has 0 radical (unpaired) electrons. The minimum Gasteiger partial charge on any atom is -0.349 e. The first-order valence-electron chi connectivity index (χ1n) is 11.2. The van der Waals surface area contributed by atoms with Gasteiger partial charge in [-0.3, -0.25) is 4.79 Å². The summed E-state index contributed by atoms with van der Waals surface area (Å²) in [5.74, 6) is 0.399. The third-order valence-corrected chi connectivity index (χ3v) is 5.77. The summed E-state index contributed by atoms with van der Waals surface area (Å²) in [7, 11) is 0. The van der Waals surface area contributed by atoms with Gasteiger partial charge in [0.2, 0.25) is 5.91 Å². The average molecular weight is 444 g/mol. The molecule has 4 nitrogen and oxygen atoms in total. The number of nitrogens with zero attached hydrogens (tertiary/aromatic N) is 2. The van der Waals surface area contributed by atoms with E-state index in [0.717, 1.165) is 39.1 Å². The summed E-state index contributed by atoms with van der Waals surface area (Å²) in [5, 5.41) is 3.16. The molecule has 170 valence electrons. The van der Waals surface area contributed by atoms with Gasteiger partial charge < -0.3 is 9.88 Å². The fraction of sp³-hybridized carbons (Fsp3) is 0.286. The largest absolute Gasteiger partial charge is 0.349 e. The molecule has 0 saturated carbocycles. The van der Waals surface area contributed by atoms with E-state index in [9.17, 15) is 9.18 Å². The molecule has 4 aromatic rings. The van der Waals surface area contributed by atoms with Gasteiger partial charge in [-0.15, -0.1) is 0 Å². The number of rotatable bonds is 5. The molecule has 0 saturated heterocycles. The Labute approximate surface area is 194 Å². The van der Waals surface area contributed by atoms with E-state index in [4.69, 9.17) is 4.98 Å². The van der Waals surface area contributed by atoms with E-state index in [-0.39, 0.29) is 17.3 Å². The molecule has 4 rings (SSSR count). The van der Waals surface area contributed by atoms with Crippen molar-refractivity contribution in [3.8, 4) is 0 Å². The Hall–Kier alpha value is -3.47. The van der Waals surface area contributed by atoms with Crippen LogP contribution in [0.2, 0.25) is 0 Å². The monoisotopic (exact) mass is 443 g/mol. The molecule has 1 amide bonds. The van der Waals surface area contributed by atoms with Crippen LogP contribution in [0.15, 0.2) is 66.7 Å². The van der Waals surface area contributed by atoms with Crippen molar-refractivity contribution in [1.82, 2.24) is 14.9 Å². The summed E-state index contributed by atoms with van der Waals surface area (Å²) in [6, 6.07) is 19.8. The van der Waals surface area contributed by atoms with Crippen LogP contribution >= 0.6 is 0 Å². The van der Waals surface area contributed by atoms with Gasteiger partial charge in [0.05, 0.1) is 11.0 Å². The molecule has 0 aliphatic carbocycles. The van der Waals surface area contributed by atoms with E-state index in [2.05, 4.69) is 31.3 Å². The summed E-state index contributed by atoms with van der Waals surface area (Å²) in [6.07, 6.45) is 0.485. The second-order valence-electron chi connectivity index (χ2n) is 9.68. The second kappa shape index (κ2) is 8.81. The van der Waals surface area contributed by atoms with Gasteiger partial charge >= 0.3 is 0 Å². The maximum atomic E-state index is 13.7. The van der Waals surface area contributed by atoms with E-state index < -0.39 is 6.04 Å². The number of aryl methyl sites for hydroxylation is 2. The lowest BCUT2D eigenvalue weighted by Gasteiger charge is -2.27. The van der Waals surface area contributed by atoms with Gasteiger partial charge in [0.25, 0.3) is 0 Å². The number of carbonyl (C=O) groups is 1. The molecule has 1 N–H and O–H groups in total. The smallest absolute Gasteiger partial charge is 0.248 e. The molecule has 1 heterocycles. The van der Waals surface area contributed by atoms with Gasteiger partial charge in [0.15, 0.2) is 0 Å². The van der Waals surface area contributed by atoms with Gasteiger partial charge in [0.1, 0.15) is 17.7 Å². The molecule has 33 heavy (non-hydrogen) atoms. The first kappa shape index (κ1) is 22.7. The van der Waals surface area contributed by atoms with Gasteiger partial charge in [-0.1, -0.05) is 42.5 Å². The molecule has 0 aliphatic heterocycles. The summed E-state index contributed by atoms with van der Waals surface area (Å²) in [6.45, 7) is 10.1. The third-order valence-electron chi connectivity index (χ3n) is 5.77. The zero-order chi connectivity index (χ0) is 23.8. The van der Waals surface area contributed by atoms with Crippen LogP contribution < -0.4 is 5.32 Å². The Kier molecular flexibility index (Phi) is 6.07. The van der Waals surface area contributed by atoms with Crippen molar-refractivity contribution in [3.05, 3.63) is 101 Å². The molecule has 0 unspecified atom stereocenters. The average Bonchev–Trinajstić information content (AvgIpc) is 3.06. The van der Waals surface area contributed by atoms with Crippen molar-refractivity contribution in [2.24, 2.45) is 0 Å². The number of hydrogen-bond acceptors (Lipinski definition) is 2. The maximum Gasteiger partial charge on any atom is 0.248 e. The molecule has 3 aromatic carbocycles. The lowest BCUT2D eigenvalue weighted by molar-refractivity contribution is -0.124. The number of imidazole rings is 1. The first-order chi connectivity index (χ1) is 15.6. The van der Waals surface area contributed by atoms with Crippen molar-refractivity contribution < 1.29 is 9.18 Å². The van der Waals surface area contributed by atoms with Crippen LogP contribution in [0.4, 0.5) is 4.39 Å². The number of fused-ring (bicyclic) bond motifs is 1. The highest BCUT2D eigenvalue weighted by molar-refractivity contribution is 5.88. The molecular weight excluding hydrogens is 413 g/mol. The fourth-order valence-electron chi connectivity index (χ4n) is 4.09. The quantitative estimate of drug-likeness (QED) is 0.418. The minimum absolute atomic E-state index is 0.0911. The minimum atomic E-state index is -0.590. The summed E-state index contributed by atoms with van der Waals surface area (Å²) < 4.78 is 15.5. The van der Waals surface area contributed by atoms with Crippen molar-refractivity contribution >= 4 is 16.9 Å². The molecule has 1 atom stereocenters. The molecule has 5 heteroatoms. The summed E-state index contributed by atoms with van der Waals surface area (Å²) in [5.41, 5.74) is 5.48. The van der Waals surface area contributed by atoms with Crippen LogP contribution in [0.5, 0.6) is 0 Å². The number of carbonyl (C=O) groups excluding carboxylic acids is 1. The van der Waals surface area contributed by atoms with Crippen molar-refractivity contribution in [2.75, 3.05) is 0 Å². The van der Waals surface area contributed by atoms with Crippen molar-refractivity contribution in [2.45, 2.75) is 52.6 Å². The van der Waals surface area contributed by atoms with Crippen LogP contribution in [-0.4, -0.2) is 21.0 Å². The predicted molar refractivity (Wildman–Crippen MR) is 131 cm³/mol. The van der Waals surface area contributed by atoms with Crippen LogP contribution in [0.3, 0.4) is 0 Å². The zero-order valence-corrected chi connectivity index (χ0v) is 19.8. The normalized spacial score (nSPS) is 12.7. The maximum absolute atomic E-state index is 13.7. The van der Waals surface area contributed by atoms with E-state index in [0.29, 0.717) is 6.42 Å². The number of halogens is 1. The number of aromatic nitrogens is 2. The summed E-state index contributed by atoms with van der Waals surface area (Å²) >= 11 is 0. The molecule has 0 aliphatic rings. The van der Waals surface area contributed by atoms with Gasteiger partial charge in [-0.05, 0) is 81.1 Å². The Morgan fingerprint density at radius 3 is 2.27 bits per heavy atom. The Morgan fingerprint density at radius 1 is 1.00 bits per heavy atom. The van der Waals surface area contributed by atoms with E-state index >= 15 is 0 Å². The molecule has 0 bridgehead atoms. The Bertz CT molecular complexity index is 1280. The van der Waals surface area contributed by atoms with E-state index in [1.165, 1.54) is 12.1 Å². The lowest BCUT2D eigenvalue weighted by atomic mass is 10.0. The highest BCUT2D eigenvalue weighted by Crippen LogP contribution is 2.30. The molecular formula is C28H30FN3O.